The molecule has 0 aliphatic carbocycles. The van der Waals surface area contributed by atoms with Crippen LogP contribution in [-0.2, 0) is 19.4 Å². The number of aryl methyl sites for hydroxylation is 3. The van der Waals surface area contributed by atoms with E-state index < -0.39 is 0 Å². The van der Waals surface area contributed by atoms with Gasteiger partial charge < -0.3 is 0 Å². The van der Waals surface area contributed by atoms with Crippen LogP contribution in [0.3, 0.4) is 0 Å². The molecule has 4 nitrogen and oxygen atoms in total. The Morgan fingerprint density at radius 3 is 2.48 bits per heavy atom. The lowest BCUT2D eigenvalue weighted by Gasteiger charge is -2.18. The number of aromatic nitrogens is 2. The molecule has 4 rings (SSSR count). The molecule has 0 N–H and O–H groups in total. The number of rotatable bonds is 3. The van der Waals surface area contributed by atoms with Gasteiger partial charge in [-0.15, -0.1) is 0 Å². The van der Waals surface area contributed by atoms with Gasteiger partial charge >= 0.3 is 0 Å². The van der Waals surface area contributed by atoms with E-state index in [-0.39, 0.29) is 5.56 Å². The summed E-state index contributed by atoms with van der Waals surface area (Å²) in [7, 11) is 0. The van der Waals surface area contributed by atoms with E-state index in [4.69, 9.17) is 4.99 Å². The molecule has 0 spiro atoms. The topological polar surface area (TPSA) is 47.2 Å². The van der Waals surface area contributed by atoms with Crippen molar-refractivity contribution >= 4 is 5.71 Å². The monoisotopic (exact) mass is 357 g/mol. The van der Waals surface area contributed by atoms with E-state index in [1.807, 2.05) is 0 Å². The van der Waals surface area contributed by atoms with Crippen LogP contribution in [0.1, 0.15) is 47.6 Å². The van der Waals surface area contributed by atoms with Crippen molar-refractivity contribution in [2.24, 2.45) is 4.99 Å². The second-order valence-corrected chi connectivity index (χ2v) is 6.93. The van der Waals surface area contributed by atoms with E-state index in [9.17, 15) is 4.79 Å². The molecule has 0 fully saturated rings. The SMILES string of the molecule is CCc1ccc2c(c1)C(c1ccc(C)cc1)=NCc1nc(=O)cc(CC)n1-2. The van der Waals surface area contributed by atoms with Crippen LogP contribution in [0.15, 0.2) is 58.3 Å². The first kappa shape index (κ1) is 17.4. The summed E-state index contributed by atoms with van der Waals surface area (Å²) in [6.07, 6.45) is 1.73. The fourth-order valence-corrected chi connectivity index (χ4v) is 3.62. The lowest BCUT2D eigenvalue weighted by Crippen LogP contribution is -2.19. The summed E-state index contributed by atoms with van der Waals surface area (Å²) < 4.78 is 2.11. The normalized spacial score (nSPS) is 12.8. The van der Waals surface area contributed by atoms with Crippen molar-refractivity contribution in [1.82, 2.24) is 9.55 Å². The van der Waals surface area contributed by atoms with Gasteiger partial charge in [-0.05, 0) is 37.5 Å². The van der Waals surface area contributed by atoms with Gasteiger partial charge in [-0.2, -0.15) is 4.98 Å². The fourth-order valence-electron chi connectivity index (χ4n) is 3.62. The molecule has 0 amide bonds. The zero-order chi connectivity index (χ0) is 19.0. The predicted octanol–water partition coefficient (Wildman–Crippen LogP) is 4.02. The highest BCUT2D eigenvalue weighted by atomic mass is 16.1. The minimum atomic E-state index is -0.196. The molecule has 0 saturated heterocycles. The average molecular weight is 357 g/mol. The zero-order valence-corrected chi connectivity index (χ0v) is 16.0. The Morgan fingerprint density at radius 2 is 1.78 bits per heavy atom. The summed E-state index contributed by atoms with van der Waals surface area (Å²) in [5.41, 5.74) is 7.45. The van der Waals surface area contributed by atoms with Crippen LogP contribution in [0.25, 0.3) is 5.69 Å². The van der Waals surface area contributed by atoms with E-state index >= 15 is 0 Å². The Balaban J connectivity index is 2.02. The third-order valence-corrected chi connectivity index (χ3v) is 5.11. The van der Waals surface area contributed by atoms with Gasteiger partial charge in [0.05, 0.1) is 17.9 Å². The summed E-state index contributed by atoms with van der Waals surface area (Å²) in [5.74, 6) is 0.701. The Morgan fingerprint density at radius 1 is 1.00 bits per heavy atom. The van der Waals surface area contributed by atoms with Crippen molar-refractivity contribution in [3.05, 3.63) is 92.7 Å². The quantitative estimate of drug-likeness (QED) is 0.711. The van der Waals surface area contributed by atoms with Crippen LogP contribution >= 0.6 is 0 Å². The van der Waals surface area contributed by atoms with Crippen LogP contribution < -0.4 is 5.56 Å². The molecule has 0 bridgehead atoms. The van der Waals surface area contributed by atoms with E-state index in [0.717, 1.165) is 41.1 Å². The second-order valence-electron chi connectivity index (χ2n) is 6.93. The molecular formula is C23H23N3O. The predicted molar refractivity (Wildman–Crippen MR) is 109 cm³/mol. The first-order valence-corrected chi connectivity index (χ1v) is 9.47. The molecule has 3 aromatic rings. The Kier molecular flexibility index (Phi) is 4.48. The lowest BCUT2D eigenvalue weighted by molar-refractivity contribution is 0.771. The summed E-state index contributed by atoms with van der Waals surface area (Å²) in [5, 5.41) is 0. The van der Waals surface area contributed by atoms with Gasteiger partial charge in [0.15, 0.2) is 0 Å². The molecule has 1 aliphatic rings. The fraction of sp³-hybridized carbons (Fsp3) is 0.261. The van der Waals surface area contributed by atoms with E-state index in [1.165, 1.54) is 11.1 Å². The number of benzene rings is 2. The number of fused-ring (bicyclic) bond motifs is 3. The molecule has 1 aliphatic heterocycles. The van der Waals surface area contributed by atoms with Gasteiger partial charge in [0.25, 0.3) is 5.56 Å². The second kappa shape index (κ2) is 6.95. The van der Waals surface area contributed by atoms with E-state index in [0.29, 0.717) is 12.4 Å². The minimum Gasteiger partial charge on any atom is -0.300 e. The Labute approximate surface area is 159 Å². The number of aliphatic imine (C=N–C) groups is 1. The molecule has 0 radical (unpaired) electrons. The average Bonchev–Trinajstić information content (AvgIpc) is 2.84. The largest absolute Gasteiger partial charge is 0.300 e. The Hall–Kier alpha value is -3.01. The molecule has 0 saturated carbocycles. The maximum absolute atomic E-state index is 12.1. The third-order valence-electron chi connectivity index (χ3n) is 5.11. The maximum Gasteiger partial charge on any atom is 0.273 e. The van der Waals surface area contributed by atoms with Crippen LogP contribution in [0.4, 0.5) is 0 Å². The van der Waals surface area contributed by atoms with Gasteiger partial charge in [0.2, 0.25) is 0 Å². The van der Waals surface area contributed by atoms with Crippen LogP contribution in [0, 0.1) is 6.92 Å². The number of hydrogen-bond acceptors (Lipinski definition) is 3. The van der Waals surface area contributed by atoms with Gasteiger partial charge in [-0.25, -0.2) is 0 Å². The standard InChI is InChI=1S/C23H23N3O/c1-4-16-8-11-20-19(12-16)23(17-9-6-15(3)7-10-17)24-14-21-25-22(27)13-18(5-2)26(20)21/h6-13H,4-5,14H2,1-3H3. The molecule has 2 aromatic carbocycles. The van der Waals surface area contributed by atoms with Crippen molar-refractivity contribution in [2.75, 3.05) is 0 Å². The van der Waals surface area contributed by atoms with E-state index in [1.54, 1.807) is 6.07 Å². The summed E-state index contributed by atoms with van der Waals surface area (Å²) >= 11 is 0. The summed E-state index contributed by atoms with van der Waals surface area (Å²) in [6, 6.07) is 16.6. The maximum atomic E-state index is 12.1. The van der Waals surface area contributed by atoms with Gasteiger partial charge in [-0.3, -0.25) is 14.4 Å². The smallest absolute Gasteiger partial charge is 0.273 e. The highest BCUT2D eigenvalue weighted by molar-refractivity contribution is 6.15. The Bertz CT molecular complexity index is 1090. The van der Waals surface area contributed by atoms with Crippen molar-refractivity contribution in [1.29, 1.82) is 0 Å². The molecule has 4 heteroatoms. The molecule has 0 unspecified atom stereocenters. The molecule has 136 valence electrons. The summed E-state index contributed by atoms with van der Waals surface area (Å²) in [6.45, 7) is 6.70. The first-order valence-electron chi connectivity index (χ1n) is 9.47. The zero-order valence-electron chi connectivity index (χ0n) is 16.0. The van der Waals surface area contributed by atoms with Gasteiger partial charge in [0.1, 0.15) is 5.82 Å². The van der Waals surface area contributed by atoms with Crippen molar-refractivity contribution in [3.8, 4) is 5.69 Å². The number of hydrogen-bond donors (Lipinski definition) is 0. The van der Waals surface area contributed by atoms with Crippen LogP contribution in [-0.4, -0.2) is 15.3 Å². The van der Waals surface area contributed by atoms with Gasteiger partial charge in [0, 0.05) is 22.9 Å². The number of nitrogens with zero attached hydrogens (tertiary/aromatic N) is 3. The van der Waals surface area contributed by atoms with Crippen LogP contribution in [0.5, 0.6) is 0 Å². The van der Waals surface area contributed by atoms with Crippen molar-refractivity contribution < 1.29 is 0 Å². The highest BCUT2D eigenvalue weighted by Crippen LogP contribution is 2.27. The molecule has 27 heavy (non-hydrogen) atoms. The molecule has 1 aromatic heterocycles. The molecular weight excluding hydrogens is 334 g/mol. The van der Waals surface area contributed by atoms with E-state index in [2.05, 4.69) is 72.8 Å². The van der Waals surface area contributed by atoms with Crippen molar-refractivity contribution in [3.63, 3.8) is 0 Å². The summed E-state index contributed by atoms with van der Waals surface area (Å²) in [4.78, 5) is 21.2. The van der Waals surface area contributed by atoms with Crippen molar-refractivity contribution in [2.45, 2.75) is 40.2 Å². The van der Waals surface area contributed by atoms with Crippen LogP contribution in [0.2, 0.25) is 0 Å². The minimum absolute atomic E-state index is 0.196. The lowest BCUT2D eigenvalue weighted by atomic mass is 9.97. The highest BCUT2D eigenvalue weighted by Gasteiger charge is 2.21. The third kappa shape index (κ3) is 3.12. The molecule has 0 atom stereocenters. The first-order chi connectivity index (χ1) is 13.1. The van der Waals surface area contributed by atoms with Gasteiger partial charge in [-0.1, -0.05) is 49.7 Å². The molecule has 2 heterocycles.